The van der Waals surface area contributed by atoms with E-state index >= 15 is 0 Å². The molecule has 0 aromatic heterocycles. The van der Waals surface area contributed by atoms with Gasteiger partial charge in [0.2, 0.25) is 5.91 Å². The number of nitrogens with one attached hydrogen (secondary N) is 2. The number of rotatable bonds is 4. The Morgan fingerprint density at radius 3 is 2.68 bits per heavy atom. The Balaban J connectivity index is 2.51. The van der Waals surface area contributed by atoms with Gasteiger partial charge in [-0.3, -0.25) is 4.79 Å². The third-order valence-electron chi connectivity index (χ3n) is 2.41. The molecule has 0 aliphatic carbocycles. The molecule has 1 amide bonds. The van der Waals surface area contributed by atoms with Gasteiger partial charge in [0.25, 0.3) is 0 Å². The van der Waals surface area contributed by atoms with E-state index in [0.29, 0.717) is 29.9 Å². The number of nitriles is 1. The second-order valence-corrected chi connectivity index (χ2v) is 5.35. The van der Waals surface area contributed by atoms with Gasteiger partial charge in [0, 0.05) is 18.5 Å². The number of carbonyl (C=O) groups excluding carboxylic acids is 1. The Labute approximate surface area is 113 Å². The molecule has 4 N–H and O–H groups in total. The third-order valence-corrected chi connectivity index (χ3v) is 2.41. The van der Waals surface area contributed by atoms with Crippen LogP contribution in [0.2, 0.25) is 0 Å². The summed E-state index contributed by atoms with van der Waals surface area (Å²) in [7, 11) is 0. The van der Waals surface area contributed by atoms with Gasteiger partial charge in [0.05, 0.1) is 16.9 Å². The summed E-state index contributed by atoms with van der Waals surface area (Å²) in [6, 6.07) is 7.23. The van der Waals surface area contributed by atoms with E-state index in [0.717, 1.165) is 0 Å². The molecule has 19 heavy (non-hydrogen) atoms. The fourth-order valence-electron chi connectivity index (χ4n) is 1.61. The average molecular weight is 260 g/mol. The Bertz CT molecular complexity index is 497. The molecule has 0 aliphatic heterocycles. The topological polar surface area (TPSA) is 90.9 Å². The first-order valence-corrected chi connectivity index (χ1v) is 6.17. The van der Waals surface area contributed by atoms with E-state index < -0.39 is 0 Å². The number of nitrogen functional groups attached to an aromatic ring is 1. The van der Waals surface area contributed by atoms with Crippen LogP contribution in [0, 0.1) is 11.3 Å². The molecule has 1 aromatic rings. The van der Waals surface area contributed by atoms with Crippen molar-refractivity contribution in [1.29, 1.82) is 5.26 Å². The number of nitrogens with two attached hydrogens (primary N) is 1. The van der Waals surface area contributed by atoms with Crippen LogP contribution in [0.5, 0.6) is 0 Å². The molecule has 5 nitrogen and oxygen atoms in total. The normalized spacial score (nSPS) is 10.6. The van der Waals surface area contributed by atoms with Crippen molar-refractivity contribution in [3.63, 3.8) is 0 Å². The quantitative estimate of drug-likeness (QED) is 0.721. The summed E-state index contributed by atoms with van der Waals surface area (Å²) in [5.74, 6) is -0.0185. The van der Waals surface area contributed by atoms with Gasteiger partial charge >= 0.3 is 0 Å². The Morgan fingerprint density at radius 2 is 2.11 bits per heavy atom. The molecule has 0 saturated carbocycles. The number of para-hydroxylation sites is 1. The molecule has 0 bridgehead atoms. The van der Waals surface area contributed by atoms with Crippen LogP contribution in [0.15, 0.2) is 18.2 Å². The molecule has 0 spiro atoms. The lowest BCUT2D eigenvalue weighted by molar-refractivity contribution is -0.122. The van der Waals surface area contributed by atoms with E-state index in [1.807, 2.05) is 26.8 Å². The van der Waals surface area contributed by atoms with Crippen LogP contribution in [0.25, 0.3) is 0 Å². The lowest BCUT2D eigenvalue weighted by Gasteiger charge is -2.20. The van der Waals surface area contributed by atoms with Gasteiger partial charge in [-0.15, -0.1) is 0 Å². The molecule has 0 fully saturated rings. The highest BCUT2D eigenvalue weighted by molar-refractivity contribution is 5.78. The number of amides is 1. The summed E-state index contributed by atoms with van der Waals surface area (Å²) >= 11 is 0. The zero-order valence-electron chi connectivity index (χ0n) is 11.6. The second-order valence-electron chi connectivity index (χ2n) is 5.35. The Morgan fingerprint density at radius 1 is 1.42 bits per heavy atom. The minimum atomic E-state index is -0.225. The molecule has 102 valence electrons. The first kappa shape index (κ1) is 14.8. The van der Waals surface area contributed by atoms with Gasteiger partial charge in [-0.2, -0.15) is 5.26 Å². The van der Waals surface area contributed by atoms with E-state index in [2.05, 4.69) is 10.6 Å². The molecular formula is C14H20N4O. The van der Waals surface area contributed by atoms with E-state index in [4.69, 9.17) is 11.0 Å². The molecule has 0 aliphatic rings. The first-order chi connectivity index (χ1) is 8.83. The van der Waals surface area contributed by atoms with Crippen LogP contribution >= 0.6 is 0 Å². The highest BCUT2D eigenvalue weighted by Gasteiger charge is 2.13. The summed E-state index contributed by atoms with van der Waals surface area (Å²) in [6.07, 6.45) is 0.355. The smallest absolute Gasteiger partial charge is 0.222 e. The number of hydrogen-bond donors (Lipinski definition) is 3. The molecular weight excluding hydrogens is 240 g/mol. The van der Waals surface area contributed by atoms with Crippen molar-refractivity contribution in [2.45, 2.75) is 32.7 Å². The number of carbonyl (C=O) groups is 1. The average Bonchev–Trinajstić information content (AvgIpc) is 2.29. The summed E-state index contributed by atoms with van der Waals surface area (Å²) in [5, 5.41) is 14.8. The number of nitrogens with zero attached hydrogens (tertiary/aromatic N) is 1. The largest absolute Gasteiger partial charge is 0.396 e. The molecule has 1 aromatic carbocycles. The van der Waals surface area contributed by atoms with Crippen molar-refractivity contribution in [3.8, 4) is 6.07 Å². The second kappa shape index (κ2) is 6.10. The minimum absolute atomic E-state index is 0.0185. The van der Waals surface area contributed by atoms with E-state index in [-0.39, 0.29) is 11.4 Å². The Kier molecular flexibility index (Phi) is 4.76. The summed E-state index contributed by atoms with van der Waals surface area (Å²) in [5.41, 5.74) is 7.14. The summed E-state index contributed by atoms with van der Waals surface area (Å²) in [6.45, 7) is 6.28. The summed E-state index contributed by atoms with van der Waals surface area (Å²) in [4.78, 5) is 11.6. The monoisotopic (exact) mass is 260 g/mol. The number of hydrogen-bond acceptors (Lipinski definition) is 4. The fourth-order valence-corrected chi connectivity index (χ4v) is 1.61. The number of benzene rings is 1. The lowest BCUT2D eigenvalue weighted by Crippen LogP contribution is -2.41. The first-order valence-electron chi connectivity index (χ1n) is 6.17. The maximum Gasteiger partial charge on any atom is 0.222 e. The van der Waals surface area contributed by atoms with Crippen LogP contribution in [0.4, 0.5) is 11.4 Å². The van der Waals surface area contributed by atoms with Gasteiger partial charge in [-0.1, -0.05) is 6.07 Å². The standard InChI is InChI=1S/C14H20N4O/c1-14(2,3)18-12(19)7-8-17-11-6-4-5-10(9-15)13(11)16/h4-6,17H,7-8,16H2,1-3H3,(H,18,19). The molecule has 1 rings (SSSR count). The zero-order chi connectivity index (χ0) is 14.5. The van der Waals surface area contributed by atoms with Gasteiger partial charge in [-0.05, 0) is 32.9 Å². The van der Waals surface area contributed by atoms with Crippen molar-refractivity contribution in [3.05, 3.63) is 23.8 Å². The lowest BCUT2D eigenvalue weighted by atomic mass is 10.1. The molecule has 0 heterocycles. The molecule has 0 unspecified atom stereocenters. The predicted molar refractivity (Wildman–Crippen MR) is 76.6 cm³/mol. The van der Waals surface area contributed by atoms with Crippen molar-refractivity contribution >= 4 is 17.3 Å². The maximum absolute atomic E-state index is 11.6. The van der Waals surface area contributed by atoms with Gasteiger partial charge in [-0.25, -0.2) is 0 Å². The fraction of sp³-hybridized carbons (Fsp3) is 0.429. The van der Waals surface area contributed by atoms with Crippen LogP contribution in [-0.4, -0.2) is 18.0 Å². The molecule has 0 radical (unpaired) electrons. The van der Waals surface area contributed by atoms with Crippen molar-refractivity contribution in [1.82, 2.24) is 5.32 Å². The number of anilines is 2. The molecule has 0 saturated heterocycles. The van der Waals surface area contributed by atoms with Crippen molar-refractivity contribution in [2.24, 2.45) is 0 Å². The minimum Gasteiger partial charge on any atom is -0.396 e. The summed E-state index contributed by atoms with van der Waals surface area (Å²) < 4.78 is 0. The van der Waals surface area contributed by atoms with Crippen molar-refractivity contribution in [2.75, 3.05) is 17.6 Å². The predicted octanol–water partition coefficient (Wildman–Crippen LogP) is 1.86. The van der Waals surface area contributed by atoms with Crippen LogP contribution in [0.3, 0.4) is 0 Å². The van der Waals surface area contributed by atoms with Gasteiger partial charge in [0.15, 0.2) is 0 Å². The van der Waals surface area contributed by atoms with Crippen LogP contribution in [-0.2, 0) is 4.79 Å². The van der Waals surface area contributed by atoms with Gasteiger partial charge < -0.3 is 16.4 Å². The Hall–Kier alpha value is -2.22. The zero-order valence-corrected chi connectivity index (χ0v) is 11.6. The van der Waals surface area contributed by atoms with Crippen LogP contribution in [0.1, 0.15) is 32.8 Å². The maximum atomic E-state index is 11.6. The van der Waals surface area contributed by atoms with Crippen LogP contribution < -0.4 is 16.4 Å². The SMILES string of the molecule is CC(C)(C)NC(=O)CCNc1cccc(C#N)c1N. The molecule has 5 heteroatoms. The highest BCUT2D eigenvalue weighted by Crippen LogP contribution is 2.21. The molecule has 0 atom stereocenters. The third kappa shape index (κ3) is 4.88. The highest BCUT2D eigenvalue weighted by atomic mass is 16.1. The van der Waals surface area contributed by atoms with E-state index in [9.17, 15) is 4.79 Å². The van der Waals surface area contributed by atoms with E-state index in [1.54, 1.807) is 18.2 Å². The van der Waals surface area contributed by atoms with Gasteiger partial charge in [0.1, 0.15) is 6.07 Å². The van der Waals surface area contributed by atoms with Crippen molar-refractivity contribution < 1.29 is 4.79 Å². The van der Waals surface area contributed by atoms with E-state index in [1.165, 1.54) is 0 Å².